The lowest BCUT2D eigenvalue weighted by atomic mass is 10.2. The molecule has 0 saturated heterocycles. The van der Waals surface area contributed by atoms with Gasteiger partial charge in [0.2, 0.25) is 5.91 Å². The fraction of sp³-hybridized carbons (Fsp3) is 0.222. The third kappa shape index (κ3) is 3.43. The molecule has 0 unspecified atom stereocenters. The van der Waals surface area contributed by atoms with Crippen LogP contribution in [0.4, 0.5) is 5.69 Å². The molecule has 0 atom stereocenters. The van der Waals surface area contributed by atoms with Crippen molar-refractivity contribution in [2.24, 2.45) is 7.05 Å². The number of amides is 1. The fourth-order valence-electron chi connectivity index (χ4n) is 2.80. The number of carbonyl (C=O) groups excluding carboxylic acids is 1. The van der Waals surface area contributed by atoms with Gasteiger partial charge in [-0.05, 0) is 31.2 Å². The molecule has 2 aromatic heterocycles. The van der Waals surface area contributed by atoms with Gasteiger partial charge in [0.25, 0.3) is 5.56 Å². The highest BCUT2D eigenvalue weighted by atomic mass is 35.5. The molecule has 0 aliphatic rings. The van der Waals surface area contributed by atoms with E-state index in [1.54, 1.807) is 31.2 Å². The molecule has 9 heteroatoms. The number of rotatable bonds is 4. The van der Waals surface area contributed by atoms with Crippen molar-refractivity contribution in [3.05, 3.63) is 61.9 Å². The molecule has 0 aliphatic heterocycles. The maximum atomic E-state index is 12.9. The first kappa shape index (κ1) is 18.7. The average Bonchev–Trinajstić information content (AvgIpc) is 2.65. The molecule has 1 aromatic carbocycles. The number of ether oxygens (including phenoxy) is 1. The topological polar surface area (TPSA) is 95.2 Å². The quantitative estimate of drug-likeness (QED) is 0.734. The van der Waals surface area contributed by atoms with E-state index in [4.69, 9.17) is 16.3 Å². The first-order chi connectivity index (χ1) is 12.8. The van der Waals surface area contributed by atoms with Crippen molar-refractivity contribution in [2.75, 3.05) is 12.4 Å². The molecule has 0 bridgehead atoms. The van der Waals surface area contributed by atoms with Crippen LogP contribution in [0.1, 0.15) is 5.56 Å². The Morgan fingerprint density at radius 2 is 1.93 bits per heavy atom. The monoisotopic (exact) mass is 388 g/mol. The van der Waals surface area contributed by atoms with Gasteiger partial charge in [-0.25, -0.2) is 14.3 Å². The predicted molar refractivity (Wildman–Crippen MR) is 103 cm³/mol. The van der Waals surface area contributed by atoms with Gasteiger partial charge in [-0.15, -0.1) is 0 Å². The zero-order chi connectivity index (χ0) is 19.7. The molecular weight excluding hydrogens is 372 g/mol. The molecular formula is C18H17ClN4O4. The lowest BCUT2D eigenvalue weighted by Gasteiger charge is -2.13. The van der Waals surface area contributed by atoms with Crippen LogP contribution in [-0.4, -0.2) is 27.1 Å². The van der Waals surface area contributed by atoms with E-state index in [1.165, 1.54) is 24.9 Å². The Balaban J connectivity index is 2.06. The number of nitrogens with one attached hydrogen (secondary N) is 1. The van der Waals surface area contributed by atoms with Crippen molar-refractivity contribution in [1.29, 1.82) is 0 Å². The largest absolute Gasteiger partial charge is 0.495 e. The Hall–Kier alpha value is -3.13. The molecule has 1 N–H and O–H groups in total. The number of anilines is 1. The molecule has 0 aliphatic carbocycles. The van der Waals surface area contributed by atoms with Gasteiger partial charge >= 0.3 is 5.69 Å². The summed E-state index contributed by atoms with van der Waals surface area (Å²) in [6, 6.07) is 6.49. The Bertz CT molecular complexity index is 1150. The van der Waals surface area contributed by atoms with Crippen LogP contribution in [0.2, 0.25) is 5.02 Å². The summed E-state index contributed by atoms with van der Waals surface area (Å²) in [4.78, 5) is 42.0. The van der Waals surface area contributed by atoms with Crippen molar-refractivity contribution in [2.45, 2.75) is 13.5 Å². The van der Waals surface area contributed by atoms with Crippen LogP contribution in [0.25, 0.3) is 11.0 Å². The highest BCUT2D eigenvalue weighted by Crippen LogP contribution is 2.23. The summed E-state index contributed by atoms with van der Waals surface area (Å²) in [6.45, 7) is 1.30. The summed E-state index contributed by atoms with van der Waals surface area (Å²) in [5, 5.41) is 3.31. The maximum Gasteiger partial charge on any atom is 0.332 e. The van der Waals surface area contributed by atoms with Crippen molar-refractivity contribution >= 4 is 34.2 Å². The second-order valence-corrected chi connectivity index (χ2v) is 6.40. The number of aryl methyl sites for hydroxylation is 2. The number of aromatic nitrogens is 3. The number of nitrogens with zero attached hydrogens (tertiary/aromatic N) is 3. The predicted octanol–water partition coefficient (Wildman–Crippen LogP) is 1.70. The highest BCUT2D eigenvalue weighted by Gasteiger charge is 2.19. The number of hydrogen-bond acceptors (Lipinski definition) is 5. The van der Waals surface area contributed by atoms with E-state index in [0.717, 1.165) is 4.57 Å². The highest BCUT2D eigenvalue weighted by molar-refractivity contribution is 6.30. The number of carbonyl (C=O) groups is 1. The molecule has 8 nitrogen and oxygen atoms in total. The third-order valence-electron chi connectivity index (χ3n) is 4.12. The van der Waals surface area contributed by atoms with Gasteiger partial charge in [0, 0.05) is 29.5 Å². The molecule has 140 valence electrons. The number of pyridine rings is 1. The Morgan fingerprint density at radius 3 is 2.56 bits per heavy atom. The number of benzene rings is 1. The minimum atomic E-state index is -0.642. The maximum absolute atomic E-state index is 12.9. The molecule has 0 spiro atoms. The minimum absolute atomic E-state index is 0.152. The lowest BCUT2D eigenvalue weighted by Crippen LogP contribution is -2.42. The van der Waals surface area contributed by atoms with Crippen LogP contribution < -0.4 is 21.3 Å². The Labute approximate surface area is 159 Å². The van der Waals surface area contributed by atoms with Gasteiger partial charge in [-0.3, -0.25) is 14.2 Å². The molecule has 2 heterocycles. The van der Waals surface area contributed by atoms with E-state index >= 15 is 0 Å². The Morgan fingerprint density at radius 1 is 1.26 bits per heavy atom. The molecule has 0 fully saturated rings. The second-order valence-electron chi connectivity index (χ2n) is 5.96. The fourth-order valence-corrected chi connectivity index (χ4v) is 2.93. The SMILES string of the molecule is COc1c(C)cnc2c1c(=O)n(CC(=O)Nc1ccc(Cl)cc1)c(=O)n2C. The normalized spacial score (nSPS) is 10.8. The van der Waals surface area contributed by atoms with Gasteiger partial charge in [0.05, 0.1) is 7.11 Å². The van der Waals surface area contributed by atoms with E-state index in [-0.39, 0.29) is 11.0 Å². The first-order valence-electron chi connectivity index (χ1n) is 8.02. The van der Waals surface area contributed by atoms with E-state index in [9.17, 15) is 14.4 Å². The molecule has 3 rings (SSSR count). The van der Waals surface area contributed by atoms with E-state index < -0.39 is 23.7 Å². The zero-order valence-electron chi connectivity index (χ0n) is 14.9. The summed E-state index contributed by atoms with van der Waals surface area (Å²) in [5.74, 6) is -0.192. The van der Waals surface area contributed by atoms with Gasteiger partial charge in [0.1, 0.15) is 17.7 Å². The van der Waals surface area contributed by atoms with E-state index in [2.05, 4.69) is 10.3 Å². The van der Waals surface area contributed by atoms with Crippen LogP contribution in [0.3, 0.4) is 0 Å². The van der Waals surface area contributed by atoms with Gasteiger partial charge < -0.3 is 10.1 Å². The van der Waals surface area contributed by atoms with Crippen molar-refractivity contribution in [3.8, 4) is 5.75 Å². The number of methoxy groups -OCH3 is 1. The molecule has 27 heavy (non-hydrogen) atoms. The number of hydrogen-bond donors (Lipinski definition) is 1. The molecule has 1 amide bonds. The van der Waals surface area contributed by atoms with Gasteiger partial charge in [0.15, 0.2) is 5.65 Å². The lowest BCUT2D eigenvalue weighted by molar-refractivity contribution is -0.116. The van der Waals surface area contributed by atoms with Crippen molar-refractivity contribution < 1.29 is 9.53 Å². The number of halogens is 1. The first-order valence-corrected chi connectivity index (χ1v) is 8.39. The molecule has 0 saturated carbocycles. The van der Waals surface area contributed by atoms with Gasteiger partial charge in [-0.1, -0.05) is 11.6 Å². The minimum Gasteiger partial charge on any atom is -0.495 e. The summed E-state index contributed by atoms with van der Waals surface area (Å²) < 4.78 is 7.39. The summed E-state index contributed by atoms with van der Waals surface area (Å²) in [7, 11) is 2.92. The van der Waals surface area contributed by atoms with Crippen molar-refractivity contribution in [3.63, 3.8) is 0 Å². The van der Waals surface area contributed by atoms with E-state index in [1.807, 2.05) is 0 Å². The van der Waals surface area contributed by atoms with Crippen LogP contribution in [0.5, 0.6) is 5.75 Å². The standard InChI is InChI=1S/C18H17ClN4O4/c1-10-8-20-16-14(15(10)27-3)17(25)23(18(26)22(16)2)9-13(24)21-12-6-4-11(19)5-7-12/h4-8H,9H2,1-3H3,(H,21,24). The number of fused-ring (bicyclic) bond motifs is 1. The van der Waals surface area contributed by atoms with Gasteiger partial charge in [-0.2, -0.15) is 0 Å². The van der Waals surface area contributed by atoms with Crippen LogP contribution in [0.15, 0.2) is 40.1 Å². The average molecular weight is 389 g/mol. The van der Waals surface area contributed by atoms with Crippen LogP contribution in [-0.2, 0) is 18.4 Å². The summed E-state index contributed by atoms with van der Waals surface area (Å²) in [6.07, 6.45) is 1.53. The summed E-state index contributed by atoms with van der Waals surface area (Å²) in [5.41, 5.74) is 0.0782. The van der Waals surface area contributed by atoms with Crippen LogP contribution in [0, 0.1) is 6.92 Å². The molecule has 3 aromatic rings. The van der Waals surface area contributed by atoms with Crippen LogP contribution >= 0.6 is 11.6 Å². The summed E-state index contributed by atoms with van der Waals surface area (Å²) >= 11 is 5.81. The molecule has 0 radical (unpaired) electrons. The zero-order valence-corrected chi connectivity index (χ0v) is 15.7. The smallest absolute Gasteiger partial charge is 0.332 e. The Kier molecular flexibility index (Phi) is 5.00. The third-order valence-corrected chi connectivity index (χ3v) is 4.37. The second kappa shape index (κ2) is 7.24. The van der Waals surface area contributed by atoms with Crippen molar-refractivity contribution in [1.82, 2.24) is 14.1 Å². The van der Waals surface area contributed by atoms with E-state index in [0.29, 0.717) is 22.0 Å².